The zero-order valence-corrected chi connectivity index (χ0v) is 21.9. The van der Waals surface area contributed by atoms with Gasteiger partial charge in [-0.3, -0.25) is 9.59 Å². The number of aromatic hydroxyl groups is 1. The fourth-order valence-electron chi connectivity index (χ4n) is 4.09. The normalized spacial score (nSPS) is 13.1. The molecule has 6 heteroatoms. The zero-order chi connectivity index (χ0) is 26.6. The summed E-state index contributed by atoms with van der Waals surface area (Å²) in [4.78, 5) is 25.0. The van der Waals surface area contributed by atoms with Crippen LogP contribution < -0.4 is 5.32 Å². The lowest BCUT2D eigenvalue weighted by Gasteiger charge is -2.40. The molecule has 0 heterocycles. The molecular weight excluding hydrogens is 452 g/mol. The number of nitrogens with zero attached hydrogens (tertiary/aromatic N) is 1. The Hall–Kier alpha value is -3.64. The van der Waals surface area contributed by atoms with Crippen molar-refractivity contribution in [2.75, 3.05) is 26.0 Å². The van der Waals surface area contributed by atoms with Crippen LogP contribution in [0.25, 0.3) is 0 Å². The standard InChI is InChI=1S/C22H29NO2.C8H9NO2/c1-5-21(24)25-22(18(2)17-23(3)4,20-14-10-7-11-15-20)16-19-12-8-6-9-13-19;1-6(10)9-7-2-4-8(11)5-3-7/h6-15,18H,5,16-17H2,1-4H3;2-5,11H,1H3,(H,9,10). The van der Waals surface area contributed by atoms with E-state index in [1.165, 1.54) is 24.6 Å². The van der Waals surface area contributed by atoms with Crippen LogP contribution >= 0.6 is 0 Å². The molecule has 3 aromatic carbocycles. The topological polar surface area (TPSA) is 78.9 Å². The highest BCUT2D eigenvalue weighted by Gasteiger charge is 2.42. The Morgan fingerprint density at radius 1 is 0.944 bits per heavy atom. The molecule has 0 saturated heterocycles. The number of phenols is 1. The van der Waals surface area contributed by atoms with Crippen molar-refractivity contribution in [2.24, 2.45) is 5.92 Å². The third kappa shape index (κ3) is 8.86. The average molecular weight is 491 g/mol. The molecule has 0 bridgehead atoms. The average Bonchev–Trinajstić information content (AvgIpc) is 2.85. The van der Waals surface area contributed by atoms with Gasteiger partial charge in [0.2, 0.25) is 5.91 Å². The molecule has 0 aliphatic carbocycles. The van der Waals surface area contributed by atoms with Crippen molar-refractivity contribution in [1.29, 1.82) is 0 Å². The first kappa shape index (κ1) is 28.6. The van der Waals surface area contributed by atoms with Gasteiger partial charge in [0.15, 0.2) is 0 Å². The van der Waals surface area contributed by atoms with Gasteiger partial charge in [0.05, 0.1) is 0 Å². The Balaban J connectivity index is 0.000000346. The van der Waals surface area contributed by atoms with E-state index in [1.807, 2.05) is 43.3 Å². The summed E-state index contributed by atoms with van der Waals surface area (Å²) in [5.41, 5.74) is 2.23. The van der Waals surface area contributed by atoms with E-state index in [-0.39, 0.29) is 23.5 Å². The molecule has 0 fully saturated rings. The number of anilines is 1. The number of phenolic OH excluding ortho intramolecular Hbond substituents is 1. The maximum absolute atomic E-state index is 12.3. The Morgan fingerprint density at radius 2 is 1.50 bits per heavy atom. The van der Waals surface area contributed by atoms with Gasteiger partial charge in [-0.1, -0.05) is 74.5 Å². The summed E-state index contributed by atoms with van der Waals surface area (Å²) in [6.45, 7) is 6.28. The van der Waals surface area contributed by atoms with Gasteiger partial charge in [0, 0.05) is 37.9 Å². The number of ether oxygens (including phenoxy) is 1. The van der Waals surface area contributed by atoms with Crippen molar-refractivity contribution in [3.05, 3.63) is 96.1 Å². The van der Waals surface area contributed by atoms with Gasteiger partial charge >= 0.3 is 5.97 Å². The molecule has 3 rings (SSSR count). The summed E-state index contributed by atoms with van der Waals surface area (Å²) < 4.78 is 6.17. The van der Waals surface area contributed by atoms with E-state index in [1.54, 1.807) is 12.1 Å². The second kappa shape index (κ2) is 14.0. The molecule has 0 aliphatic rings. The number of hydrogen-bond acceptors (Lipinski definition) is 5. The van der Waals surface area contributed by atoms with E-state index >= 15 is 0 Å². The summed E-state index contributed by atoms with van der Waals surface area (Å²) in [6.07, 6.45) is 1.04. The minimum absolute atomic E-state index is 0.115. The molecule has 2 atom stereocenters. The third-order valence-corrected chi connectivity index (χ3v) is 5.78. The van der Waals surface area contributed by atoms with E-state index in [0.29, 0.717) is 18.5 Å². The molecule has 1 amide bonds. The highest BCUT2D eigenvalue weighted by Crippen LogP contribution is 2.38. The lowest BCUT2D eigenvalue weighted by molar-refractivity contribution is -0.168. The van der Waals surface area contributed by atoms with Gasteiger partial charge in [0.1, 0.15) is 11.4 Å². The molecule has 6 nitrogen and oxygen atoms in total. The maximum Gasteiger partial charge on any atom is 0.306 e. The molecule has 2 unspecified atom stereocenters. The highest BCUT2D eigenvalue weighted by molar-refractivity contribution is 5.88. The quantitative estimate of drug-likeness (QED) is 0.300. The van der Waals surface area contributed by atoms with Crippen LogP contribution in [0.15, 0.2) is 84.9 Å². The van der Waals surface area contributed by atoms with Crippen molar-refractivity contribution in [3.8, 4) is 5.75 Å². The number of carbonyl (C=O) groups excluding carboxylic acids is 2. The van der Waals surface area contributed by atoms with Crippen LogP contribution in [-0.4, -0.2) is 42.5 Å². The number of carbonyl (C=O) groups is 2. The number of amides is 1. The van der Waals surface area contributed by atoms with E-state index in [2.05, 4.69) is 55.5 Å². The fourth-order valence-corrected chi connectivity index (χ4v) is 4.09. The van der Waals surface area contributed by atoms with Crippen LogP contribution in [0.4, 0.5) is 5.69 Å². The van der Waals surface area contributed by atoms with Gasteiger partial charge in [-0.2, -0.15) is 0 Å². The Kier molecular flexibility index (Phi) is 11.2. The monoisotopic (exact) mass is 490 g/mol. The number of esters is 1. The molecule has 0 saturated carbocycles. The minimum atomic E-state index is -0.681. The SMILES string of the molecule is CC(=O)Nc1ccc(O)cc1.CCC(=O)OC(Cc1ccccc1)(c1ccccc1)C(C)CN(C)C. The highest BCUT2D eigenvalue weighted by atomic mass is 16.6. The molecule has 2 N–H and O–H groups in total. The van der Waals surface area contributed by atoms with Gasteiger partial charge < -0.3 is 20.1 Å². The maximum atomic E-state index is 12.3. The van der Waals surface area contributed by atoms with Crippen LogP contribution in [0, 0.1) is 5.92 Å². The summed E-state index contributed by atoms with van der Waals surface area (Å²) in [5.74, 6) is 0.0563. The summed E-state index contributed by atoms with van der Waals surface area (Å²) in [6, 6.07) is 26.7. The van der Waals surface area contributed by atoms with Crippen LogP contribution in [0.2, 0.25) is 0 Å². The summed E-state index contributed by atoms with van der Waals surface area (Å²) in [7, 11) is 4.10. The number of rotatable bonds is 9. The summed E-state index contributed by atoms with van der Waals surface area (Å²) in [5, 5.41) is 11.5. The third-order valence-electron chi connectivity index (χ3n) is 5.78. The van der Waals surface area contributed by atoms with E-state index in [4.69, 9.17) is 9.84 Å². The minimum Gasteiger partial charge on any atom is -0.508 e. The van der Waals surface area contributed by atoms with Crippen molar-refractivity contribution >= 4 is 17.6 Å². The van der Waals surface area contributed by atoms with Gasteiger partial charge in [-0.05, 0) is 49.5 Å². The zero-order valence-electron chi connectivity index (χ0n) is 21.9. The molecule has 3 aromatic rings. The van der Waals surface area contributed by atoms with Gasteiger partial charge in [-0.25, -0.2) is 0 Å². The second-order valence-electron chi connectivity index (χ2n) is 9.14. The van der Waals surface area contributed by atoms with Gasteiger partial charge in [0.25, 0.3) is 0 Å². The first-order chi connectivity index (χ1) is 17.2. The van der Waals surface area contributed by atoms with E-state index in [0.717, 1.165) is 12.1 Å². The molecule has 192 valence electrons. The lowest BCUT2D eigenvalue weighted by Crippen LogP contribution is -2.44. The molecule has 0 spiro atoms. The molecular formula is C30H38N2O4. The van der Waals surface area contributed by atoms with Crippen LogP contribution in [0.5, 0.6) is 5.75 Å². The Morgan fingerprint density at radius 3 is 2.00 bits per heavy atom. The number of hydrogen-bond donors (Lipinski definition) is 2. The first-order valence-electron chi connectivity index (χ1n) is 12.2. The van der Waals surface area contributed by atoms with Crippen molar-refractivity contribution in [2.45, 2.75) is 39.2 Å². The number of nitrogens with one attached hydrogen (secondary N) is 1. The van der Waals surface area contributed by atoms with Crippen molar-refractivity contribution < 1.29 is 19.4 Å². The molecule has 36 heavy (non-hydrogen) atoms. The molecule has 0 radical (unpaired) electrons. The number of benzene rings is 3. The van der Waals surface area contributed by atoms with Crippen LogP contribution in [0.1, 0.15) is 38.3 Å². The predicted molar refractivity (Wildman–Crippen MR) is 145 cm³/mol. The second-order valence-corrected chi connectivity index (χ2v) is 9.14. The fraction of sp³-hybridized carbons (Fsp3) is 0.333. The summed E-state index contributed by atoms with van der Waals surface area (Å²) >= 11 is 0. The van der Waals surface area contributed by atoms with E-state index in [9.17, 15) is 9.59 Å². The Bertz CT molecular complexity index is 1070. The molecule has 0 aliphatic heterocycles. The lowest BCUT2D eigenvalue weighted by atomic mass is 9.77. The van der Waals surface area contributed by atoms with Gasteiger partial charge in [-0.15, -0.1) is 0 Å². The Labute approximate surface area is 214 Å². The van der Waals surface area contributed by atoms with Crippen molar-refractivity contribution in [1.82, 2.24) is 4.90 Å². The van der Waals surface area contributed by atoms with Crippen molar-refractivity contribution in [3.63, 3.8) is 0 Å². The van der Waals surface area contributed by atoms with Crippen LogP contribution in [0.3, 0.4) is 0 Å². The predicted octanol–water partition coefficient (Wildman–Crippen LogP) is 5.63. The van der Waals surface area contributed by atoms with Crippen LogP contribution in [-0.2, 0) is 26.3 Å². The van der Waals surface area contributed by atoms with E-state index < -0.39 is 5.60 Å². The molecule has 0 aromatic heterocycles. The smallest absolute Gasteiger partial charge is 0.306 e. The first-order valence-corrected chi connectivity index (χ1v) is 12.2. The largest absolute Gasteiger partial charge is 0.508 e.